The zero-order valence-electron chi connectivity index (χ0n) is 9.57. The molecular formula is C12H18Br2O. The van der Waals surface area contributed by atoms with Gasteiger partial charge in [-0.2, -0.15) is 0 Å². The van der Waals surface area contributed by atoms with Crippen LogP contribution >= 0.6 is 31.9 Å². The molecule has 0 aliphatic carbocycles. The highest BCUT2D eigenvalue weighted by molar-refractivity contribution is 9.25. The minimum atomic E-state index is -0.378. The van der Waals surface area contributed by atoms with E-state index in [1.807, 2.05) is 13.8 Å². The summed E-state index contributed by atoms with van der Waals surface area (Å²) in [7, 11) is 0. The Balaban J connectivity index is 4.12. The van der Waals surface area contributed by atoms with E-state index >= 15 is 0 Å². The smallest absolute Gasteiger partial charge is 0.163 e. The highest BCUT2D eigenvalue weighted by atomic mass is 79.9. The third-order valence-electron chi connectivity index (χ3n) is 2.18. The van der Waals surface area contributed by atoms with E-state index in [2.05, 4.69) is 50.6 Å². The van der Waals surface area contributed by atoms with E-state index in [9.17, 15) is 4.79 Å². The molecule has 0 saturated heterocycles. The average molecular weight is 338 g/mol. The summed E-state index contributed by atoms with van der Waals surface area (Å²) in [5.74, 6) is 6.33. The van der Waals surface area contributed by atoms with Crippen LogP contribution in [0.5, 0.6) is 0 Å². The lowest BCUT2D eigenvalue weighted by molar-refractivity contribution is -0.124. The predicted octanol–water partition coefficient (Wildman–Crippen LogP) is 4.28. The van der Waals surface area contributed by atoms with Gasteiger partial charge < -0.3 is 0 Å². The molecule has 0 atom stereocenters. The number of unbranched alkanes of at least 4 members (excludes halogenated alkanes) is 2. The van der Waals surface area contributed by atoms with Crippen LogP contribution in [0.3, 0.4) is 0 Å². The Bertz CT molecular complexity index is 259. The quantitative estimate of drug-likeness (QED) is 0.415. The minimum absolute atomic E-state index is 0.146. The fourth-order valence-electron chi connectivity index (χ4n) is 1.02. The summed E-state index contributed by atoms with van der Waals surface area (Å²) in [5, 5.41) is 0. The van der Waals surface area contributed by atoms with E-state index in [1.54, 1.807) is 0 Å². The Morgan fingerprint density at radius 1 is 1.33 bits per heavy atom. The molecule has 0 spiro atoms. The van der Waals surface area contributed by atoms with Crippen LogP contribution in [-0.2, 0) is 4.79 Å². The van der Waals surface area contributed by atoms with Crippen LogP contribution in [0.15, 0.2) is 0 Å². The molecule has 0 aliphatic rings. The summed E-state index contributed by atoms with van der Waals surface area (Å²) >= 11 is 6.46. The third kappa shape index (κ3) is 6.37. The van der Waals surface area contributed by atoms with Gasteiger partial charge in [0.25, 0.3) is 0 Å². The molecule has 3 heteroatoms. The first-order valence-corrected chi connectivity index (χ1v) is 7.03. The highest BCUT2D eigenvalue weighted by Crippen LogP contribution is 2.27. The van der Waals surface area contributed by atoms with Gasteiger partial charge in [0.1, 0.15) is 3.74 Å². The van der Waals surface area contributed by atoms with Gasteiger partial charge in [0.2, 0.25) is 0 Å². The molecular weight excluding hydrogens is 320 g/mol. The van der Waals surface area contributed by atoms with Gasteiger partial charge in [0.15, 0.2) is 5.78 Å². The molecule has 0 heterocycles. The third-order valence-corrected chi connectivity index (χ3v) is 3.01. The van der Waals surface area contributed by atoms with Crippen molar-refractivity contribution in [1.29, 1.82) is 0 Å². The summed E-state index contributed by atoms with van der Waals surface area (Å²) in [4.78, 5) is 11.7. The number of hydrogen-bond acceptors (Lipinski definition) is 1. The number of halogens is 2. The van der Waals surface area contributed by atoms with Crippen LogP contribution in [0, 0.1) is 17.3 Å². The van der Waals surface area contributed by atoms with Crippen molar-refractivity contribution in [2.75, 3.05) is 0 Å². The first kappa shape index (κ1) is 15.2. The number of carbonyl (C=O) groups excluding carboxylic acids is 1. The number of hydrogen-bond donors (Lipinski definition) is 0. The Morgan fingerprint density at radius 3 is 2.40 bits per heavy atom. The normalized spacial score (nSPS) is 11.1. The highest BCUT2D eigenvalue weighted by Gasteiger charge is 2.30. The molecule has 0 rings (SSSR count). The molecule has 0 bridgehead atoms. The number of Topliss-reactive ketones (excluding diaryl/α,β-unsaturated/α-hetero) is 1. The summed E-state index contributed by atoms with van der Waals surface area (Å²) in [6.07, 6.45) is 3.87. The molecule has 15 heavy (non-hydrogen) atoms. The zero-order chi connectivity index (χ0) is 11.9. The lowest BCUT2D eigenvalue weighted by atomic mass is 9.85. The van der Waals surface area contributed by atoms with Gasteiger partial charge in [-0.1, -0.05) is 59.1 Å². The maximum absolute atomic E-state index is 11.7. The molecule has 0 aromatic heterocycles. The number of carbonyl (C=O) groups is 1. The van der Waals surface area contributed by atoms with Crippen molar-refractivity contribution in [3.8, 4) is 11.8 Å². The topological polar surface area (TPSA) is 17.1 Å². The average Bonchev–Trinajstić information content (AvgIpc) is 2.16. The molecule has 0 saturated carbocycles. The van der Waals surface area contributed by atoms with Crippen molar-refractivity contribution in [2.45, 2.75) is 50.2 Å². The van der Waals surface area contributed by atoms with E-state index < -0.39 is 0 Å². The van der Waals surface area contributed by atoms with Gasteiger partial charge in [0, 0.05) is 18.3 Å². The van der Waals surface area contributed by atoms with Crippen molar-refractivity contribution in [2.24, 2.45) is 5.41 Å². The van der Waals surface area contributed by atoms with Crippen LogP contribution in [0.4, 0.5) is 0 Å². The molecule has 0 unspecified atom stereocenters. The summed E-state index contributed by atoms with van der Waals surface area (Å²) in [6, 6.07) is 0. The maximum atomic E-state index is 11.7. The maximum Gasteiger partial charge on any atom is 0.163 e. The van der Waals surface area contributed by atoms with Gasteiger partial charge in [-0.3, -0.25) is 4.79 Å². The largest absolute Gasteiger partial charge is 0.297 e. The van der Waals surface area contributed by atoms with Crippen molar-refractivity contribution in [1.82, 2.24) is 0 Å². The zero-order valence-corrected chi connectivity index (χ0v) is 12.7. The molecule has 1 nitrogen and oxygen atoms in total. The summed E-state index contributed by atoms with van der Waals surface area (Å²) in [5.41, 5.74) is -0.378. The summed E-state index contributed by atoms with van der Waals surface area (Å²) < 4.78 is -0.266. The Kier molecular flexibility index (Phi) is 7.56. The molecule has 0 aliphatic heterocycles. The molecule has 0 aromatic carbocycles. The Labute approximate surface area is 110 Å². The van der Waals surface area contributed by atoms with Crippen LogP contribution < -0.4 is 0 Å². The van der Waals surface area contributed by atoms with E-state index in [-0.39, 0.29) is 14.9 Å². The number of ketones is 1. The van der Waals surface area contributed by atoms with Crippen molar-refractivity contribution in [3.63, 3.8) is 0 Å². The second kappa shape index (κ2) is 7.46. The second-order valence-electron chi connectivity index (χ2n) is 4.18. The van der Waals surface area contributed by atoms with Crippen LogP contribution in [0.25, 0.3) is 0 Å². The Hall–Kier alpha value is 0.190. The SMILES string of the molecule is CCCCC#CCC(C)(C)C(=O)C(Br)Br. The summed E-state index contributed by atoms with van der Waals surface area (Å²) in [6.45, 7) is 6.01. The first-order chi connectivity index (χ1) is 6.91. The van der Waals surface area contributed by atoms with Crippen LogP contribution in [-0.4, -0.2) is 9.52 Å². The van der Waals surface area contributed by atoms with E-state index in [0.29, 0.717) is 6.42 Å². The van der Waals surface area contributed by atoms with Crippen molar-refractivity contribution in [3.05, 3.63) is 0 Å². The first-order valence-electron chi connectivity index (χ1n) is 5.20. The molecule has 0 radical (unpaired) electrons. The molecule has 0 N–H and O–H groups in total. The van der Waals surface area contributed by atoms with Gasteiger partial charge in [0.05, 0.1) is 0 Å². The van der Waals surface area contributed by atoms with E-state index in [0.717, 1.165) is 12.8 Å². The van der Waals surface area contributed by atoms with Crippen molar-refractivity contribution >= 4 is 37.6 Å². The lowest BCUT2D eigenvalue weighted by Crippen LogP contribution is -2.28. The molecule has 0 fully saturated rings. The van der Waals surface area contributed by atoms with Crippen molar-refractivity contribution < 1.29 is 4.79 Å². The van der Waals surface area contributed by atoms with Crippen LogP contribution in [0.1, 0.15) is 46.5 Å². The van der Waals surface area contributed by atoms with Gasteiger partial charge in [-0.15, -0.1) is 11.8 Å². The molecule has 0 amide bonds. The fourth-order valence-corrected chi connectivity index (χ4v) is 2.26. The Morgan fingerprint density at radius 2 is 1.93 bits per heavy atom. The van der Waals surface area contributed by atoms with Crippen LogP contribution in [0.2, 0.25) is 0 Å². The molecule has 0 aromatic rings. The van der Waals surface area contributed by atoms with Gasteiger partial charge in [-0.05, 0) is 6.42 Å². The predicted molar refractivity (Wildman–Crippen MR) is 72.3 cm³/mol. The number of rotatable bonds is 5. The van der Waals surface area contributed by atoms with Gasteiger partial charge >= 0.3 is 0 Å². The minimum Gasteiger partial charge on any atom is -0.297 e. The van der Waals surface area contributed by atoms with E-state index in [4.69, 9.17) is 0 Å². The number of alkyl halides is 2. The van der Waals surface area contributed by atoms with E-state index in [1.165, 1.54) is 6.42 Å². The van der Waals surface area contributed by atoms with Gasteiger partial charge in [-0.25, -0.2) is 0 Å². The standard InChI is InChI=1S/C12H18Br2O/c1-4-5-6-7-8-9-12(2,3)10(15)11(13)14/h11H,4-6,9H2,1-3H3. The lowest BCUT2D eigenvalue weighted by Gasteiger charge is -2.20. The molecule has 86 valence electrons. The fraction of sp³-hybridized carbons (Fsp3) is 0.750. The second-order valence-corrected chi connectivity index (χ2v) is 7.24. The monoisotopic (exact) mass is 336 g/mol.